The number of rotatable bonds is 7. The molecule has 0 saturated carbocycles. The van der Waals surface area contributed by atoms with Gasteiger partial charge < -0.3 is 14.5 Å². The lowest BCUT2D eigenvalue weighted by molar-refractivity contribution is -0.402. The molecule has 0 spiro atoms. The maximum atomic E-state index is 11.7. The molecule has 120 valence electrons. The number of furan rings is 1. The molecule has 0 aliphatic rings. The first-order valence-electron chi connectivity index (χ1n) is 6.53. The number of nitrogens with zero attached hydrogens (tertiary/aromatic N) is 2. The SMILES string of the molecule is COc1ccccc1NCC(=O)N/N=C\c1ccc([N+](=O)[O-])o1. The number of para-hydroxylation sites is 2. The van der Waals surface area contributed by atoms with Crippen LogP contribution >= 0.6 is 0 Å². The van der Waals surface area contributed by atoms with Crippen molar-refractivity contribution in [2.75, 3.05) is 19.0 Å². The van der Waals surface area contributed by atoms with Crippen molar-refractivity contribution in [2.24, 2.45) is 5.10 Å². The molecule has 2 N–H and O–H groups in total. The Hall–Kier alpha value is -3.36. The third kappa shape index (κ3) is 4.56. The van der Waals surface area contributed by atoms with Gasteiger partial charge in [0, 0.05) is 0 Å². The van der Waals surface area contributed by atoms with E-state index in [4.69, 9.17) is 9.15 Å². The van der Waals surface area contributed by atoms with Gasteiger partial charge in [0.15, 0.2) is 5.76 Å². The lowest BCUT2D eigenvalue weighted by Gasteiger charge is -2.09. The monoisotopic (exact) mass is 318 g/mol. The van der Waals surface area contributed by atoms with E-state index in [1.165, 1.54) is 25.5 Å². The molecule has 0 aliphatic carbocycles. The molecule has 1 amide bonds. The second-order valence-electron chi connectivity index (χ2n) is 4.28. The molecular formula is C14H14N4O5. The van der Waals surface area contributed by atoms with Crippen molar-refractivity contribution >= 4 is 23.7 Å². The van der Waals surface area contributed by atoms with Crippen LogP contribution in [0.15, 0.2) is 45.9 Å². The highest BCUT2D eigenvalue weighted by atomic mass is 16.6. The van der Waals surface area contributed by atoms with E-state index in [1.807, 2.05) is 12.1 Å². The number of ether oxygens (including phenoxy) is 1. The van der Waals surface area contributed by atoms with Crippen molar-refractivity contribution in [3.8, 4) is 5.75 Å². The van der Waals surface area contributed by atoms with E-state index in [-0.39, 0.29) is 12.3 Å². The number of amides is 1. The molecule has 0 fully saturated rings. The van der Waals surface area contributed by atoms with E-state index in [2.05, 4.69) is 15.8 Å². The van der Waals surface area contributed by atoms with Crippen LogP contribution < -0.4 is 15.5 Å². The molecule has 0 atom stereocenters. The molecule has 0 aliphatic heterocycles. The third-order valence-electron chi connectivity index (χ3n) is 2.72. The van der Waals surface area contributed by atoms with Gasteiger partial charge in [0.1, 0.15) is 10.7 Å². The first-order valence-corrected chi connectivity index (χ1v) is 6.53. The molecule has 0 unspecified atom stereocenters. The van der Waals surface area contributed by atoms with Crippen LogP contribution in [0.3, 0.4) is 0 Å². The molecule has 2 aromatic rings. The molecule has 9 heteroatoms. The van der Waals surface area contributed by atoms with Crippen LogP contribution in [-0.4, -0.2) is 30.7 Å². The lowest BCUT2D eigenvalue weighted by atomic mass is 10.3. The van der Waals surface area contributed by atoms with Crippen molar-refractivity contribution in [3.05, 3.63) is 52.3 Å². The molecule has 1 heterocycles. The summed E-state index contributed by atoms with van der Waals surface area (Å²) in [5, 5.41) is 17.0. The summed E-state index contributed by atoms with van der Waals surface area (Å²) < 4.78 is 10.0. The molecule has 0 saturated heterocycles. The number of hydrogen-bond acceptors (Lipinski definition) is 7. The summed E-state index contributed by atoms with van der Waals surface area (Å²) in [6.45, 7) is -0.0178. The van der Waals surface area contributed by atoms with Gasteiger partial charge in [0.25, 0.3) is 5.91 Å². The maximum absolute atomic E-state index is 11.7. The number of nitro groups is 1. The van der Waals surface area contributed by atoms with E-state index in [9.17, 15) is 14.9 Å². The fourth-order valence-corrected chi connectivity index (χ4v) is 1.68. The predicted molar refractivity (Wildman–Crippen MR) is 82.6 cm³/mol. The zero-order valence-corrected chi connectivity index (χ0v) is 12.2. The Morgan fingerprint density at radius 1 is 1.39 bits per heavy atom. The predicted octanol–water partition coefficient (Wildman–Crippen LogP) is 1.76. The van der Waals surface area contributed by atoms with Crippen molar-refractivity contribution in [3.63, 3.8) is 0 Å². The zero-order chi connectivity index (χ0) is 16.7. The molecule has 0 radical (unpaired) electrons. The largest absolute Gasteiger partial charge is 0.495 e. The number of nitrogens with one attached hydrogen (secondary N) is 2. The number of methoxy groups -OCH3 is 1. The fourth-order valence-electron chi connectivity index (χ4n) is 1.68. The first-order chi connectivity index (χ1) is 11.1. The fraction of sp³-hybridized carbons (Fsp3) is 0.143. The van der Waals surface area contributed by atoms with Gasteiger partial charge in [-0.15, -0.1) is 0 Å². The van der Waals surface area contributed by atoms with Crippen LogP contribution in [0.25, 0.3) is 0 Å². The molecule has 0 bridgehead atoms. The summed E-state index contributed by atoms with van der Waals surface area (Å²) in [5.41, 5.74) is 2.95. The average Bonchev–Trinajstić information content (AvgIpc) is 3.02. The van der Waals surface area contributed by atoms with Crippen molar-refractivity contribution in [1.29, 1.82) is 0 Å². The van der Waals surface area contributed by atoms with Crippen molar-refractivity contribution in [1.82, 2.24) is 5.43 Å². The number of hydrazone groups is 1. The molecule has 1 aromatic carbocycles. The minimum absolute atomic E-state index is 0.0178. The van der Waals surface area contributed by atoms with Crippen LogP contribution in [0.5, 0.6) is 5.75 Å². The maximum Gasteiger partial charge on any atom is 0.433 e. The second kappa shape index (κ2) is 7.59. The number of carbonyl (C=O) groups excluding carboxylic acids is 1. The van der Waals surface area contributed by atoms with Crippen molar-refractivity contribution < 1.29 is 18.9 Å². The molecule has 1 aromatic heterocycles. The van der Waals surface area contributed by atoms with Gasteiger partial charge in [-0.2, -0.15) is 5.10 Å². The van der Waals surface area contributed by atoms with E-state index in [0.29, 0.717) is 11.4 Å². The van der Waals surface area contributed by atoms with Crippen LogP contribution in [-0.2, 0) is 4.79 Å². The van der Waals surface area contributed by atoms with Crippen molar-refractivity contribution in [2.45, 2.75) is 0 Å². The topological polar surface area (TPSA) is 119 Å². The number of hydrogen-bond donors (Lipinski definition) is 2. The standard InChI is InChI=1S/C14H14N4O5/c1-22-12-5-3-2-4-11(12)15-9-13(19)17-16-8-10-6-7-14(23-10)18(20)21/h2-8,15H,9H2,1H3,(H,17,19)/b16-8-. The molecule has 23 heavy (non-hydrogen) atoms. The zero-order valence-electron chi connectivity index (χ0n) is 12.2. The van der Waals surface area contributed by atoms with Crippen LogP contribution in [0.2, 0.25) is 0 Å². The second-order valence-corrected chi connectivity index (χ2v) is 4.28. The summed E-state index contributed by atoms with van der Waals surface area (Å²) in [4.78, 5) is 21.4. The van der Waals surface area contributed by atoms with Crippen LogP contribution in [0.1, 0.15) is 5.76 Å². The summed E-state index contributed by atoms with van der Waals surface area (Å²) in [5.74, 6) is -0.00906. The Labute approximate surface area is 131 Å². The summed E-state index contributed by atoms with van der Waals surface area (Å²) in [7, 11) is 1.54. The Bertz CT molecular complexity index is 725. The summed E-state index contributed by atoms with van der Waals surface area (Å²) in [6.07, 6.45) is 1.17. The number of carbonyl (C=O) groups is 1. The van der Waals surface area contributed by atoms with Gasteiger partial charge in [0.05, 0.1) is 31.6 Å². The minimum Gasteiger partial charge on any atom is -0.495 e. The van der Waals surface area contributed by atoms with E-state index in [1.54, 1.807) is 12.1 Å². The minimum atomic E-state index is -0.660. The van der Waals surface area contributed by atoms with Gasteiger partial charge in [0.2, 0.25) is 0 Å². The summed E-state index contributed by atoms with van der Waals surface area (Å²) in [6, 6.07) is 9.74. The first kappa shape index (κ1) is 16.0. The Balaban J connectivity index is 1.82. The Kier molecular flexibility index (Phi) is 5.29. The summed E-state index contributed by atoms with van der Waals surface area (Å²) >= 11 is 0. The third-order valence-corrected chi connectivity index (χ3v) is 2.72. The highest BCUT2D eigenvalue weighted by Gasteiger charge is 2.10. The van der Waals surface area contributed by atoms with E-state index < -0.39 is 16.7 Å². The molecular weight excluding hydrogens is 304 g/mol. The highest BCUT2D eigenvalue weighted by Crippen LogP contribution is 2.22. The quantitative estimate of drug-likeness (QED) is 0.456. The van der Waals surface area contributed by atoms with Crippen LogP contribution in [0, 0.1) is 10.1 Å². The Morgan fingerprint density at radius 2 is 2.17 bits per heavy atom. The van der Waals surface area contributed by atoms with Gasteiger partial charge >= 0.3 is 5.88 Å². The molecule has 2 rings (SSSR count). The van der Waals surface area contributed by atoms with E-state index >= 15 is 0 Å². The van der Waals surface area contributed by atoms with Gasteiger partial charge in [-0.25, -0.2) is 5.43 Å². The highest BCUT2D eigenvalue weighted by molar-refractivity contribution is 5.83. The average molecular weight is 318 g/mol. The Morgan fingerprint density at radius 3 is 2.87 bits per heavy atom. The van der Waals surface area contributed by atoms with Gasteiger partial charge in [-0.3, -0.25) is 14.9 Å². The van der Waals surface area contributed by atoms with Gasteiger partial charge in [-0.05, 0) is 18.2 Å². The molecule has 9 nitrogen and oxygen atoms in total. The number of anilines is 1. The van der Waals surface area contributed by atoms with E-state index in [0.717, 1.165) is 0 Å². The normalized spacial score (nSPS) is 10.5. The number of benzene rings is 1. The lowest BCUT2D eigenvalue weighted by Crippen LogP contribution is -2.26. The van der Waals surface area contributed by atoms with Gasteiger partial charge in [-0.1, -0.05) is 12.1 Å². The smallest absolute Gasteiger partial charge is 0.433 e. The van der Waals surface area contributed by atoms with Crippen LogP contribution in [0.4, 0.5) is 11.6 Å².